The highest BCUT2D eigenvalue weighted by atomic mass is 32.2. The molecule has 40 heavy (non-hydrogen) atoms. The van der Waals surface area contributed by atoms with Gasteiger partial charge in [-0.25, -0.2) is 0 Å². The Hall–Kier alpha value is -4.09. The molecule has 1 fully saturated rings. The van der Waals surface area contributed by atoms with Crippen LogP contribution in [0.2, 0.25) is 0 Å². The molecular weight excluding hydrogens is 534 g/mol. The summed E-state index contributed by atoms with van der Waals surface area (Å²) in [6.07, 6.45) is 1.74. The summed E-state index contributed by atoms with van der Waals surface area (Å²) in [6.45, 7) is 2.81. The van der Waals surface area contributed by atoms with Crippen LogP contribution >= 0.6 is 11.8 Å². The highest BCUT2D eigenvalue weighted by molar-refractivity contribution is 7.98. The van der Waals surface area contributed by atoms with E-state index in [-0.39, 0.29) is 28.3 Å². The van der Waals surface area contributed by atoms with E-state index in [4.69, 9.17) is 14.2 Å². The zero-order chi connectivity index (χ0) is 28.8. The molecule has 0 atom stereocenters. The number of hydrogen-bond donors (Lipinski definition) is 0. The van der Waals surface area contributed by atoms with Gasteiger partial charge in [0.15, 0.2) is 17.3 Å². The van der Waals surface area contributed by atoms with E-state index in [0.29, 0.717) is 54.9 Å². The van der Waals surface area contributed by atoms with Gasteiger partial charge in [-0.1, -0.05) is 24.3 Å². The van der Waals surface area contributed by atoms with Gasteiger partial charge in [-0.2, -0.15) is 0 Å². The van der Waals surface area contributed by atoms with Crippen LogP contribution in [0, 0.1) is 10.1 Å². The van der Waals surface area contributed by atoms with Gasteiger partial charge in [-0.3, -0.25) is 24.6 Å². The number of carbonyl (C=O) groups is 2. The van der Waals surface area contributed by atoms with Gasteiger partial charge in [0.2, 0.25) is 5.75 Å². The van der Waals surface area contributed by atoms with Gasteiger partial charge in [0.05, 0.1) is 36.7 Å². The number of rotatable bonds is 10. The van der Waals surface area contributed by atoms with Crippen LogP contribution in [0.15, 0.2) is 59.5 Å². The number of ketones is 1. The number of piperazine rings is 1. The lowest BCUT2D eigenvalue weighted by molar-refractivity contribution is -0.387. The minimum atomic E-state index is -0.503. The summed E-state index contributed by atoms with van der Waals surface area (Å²) in [7, 11) is 4.73. The highest BCUT2D eigenvalue weighted by Gasteiger charge is 2.27. The van der Waals surface area contributed by atoms with E-state index in [2.05, 4.69) is 4.90 Å². The zero-order valence-corrected chi connectivity index (χ0v) is 23.7. The summed E-state index contributed by atoms with van der Waals surface area (Å²) in [5.41, 5.74) is 1.47. The Bertz CT molecular complexity index is 1420. The fourth-order valence-corrected chi connectivity index (χ4v) is 5.35. The molecule has 0 saturated carbocycles. The summed E-state index contributed by atoms with van der Waals surface area (Å²) in [6, 6.07) is 14.8. The Kier molecular flexibility index (Phi) is 9.28. The zero-order valence-electron chi connectivity index (χ0n) is 22.8. The number of ether oxygens (including phenoxy) is 3. The molecule has 1 amide bonds. The first-order valence-corrected chi connectivity index (χ1v) is 13.8. The van der Waals surface area contributed by atoms with Crippen molar-refractivity contribution in [1.29, 1.82) is 0 Å². The molecule has 1 saturated heterocycles. The summed E-state index contributed by atoms with van der Waals surface area (Å²) in [5, 5.41) is 11.5. The first-order valence-electron chi connectivity index (χ1n) is 12.6. The molecule has 0 radical (unpaired) electrons. The van der Waals surface area contributed by atoms with Gasteiger partial charge in [-0.05, 0) is 30.5 Å². The quantitative estimate of drug-likeness (QED) is 0.151. The molecule has 3 aromatic rings. The van der Waals surface area contributed by atoms with Crippen LogP contribution in [0.1, 0.15) is 31.8 Å². The largest absolute Gasteiger partial charge is 0.493 e. The lowest BCUT2D eigenvalue weighted by atomic mass is 9.97. The minimum absolute atomic E-state index is 0.135. The Morgan fingerprint density at radius 1 is 0.900 bits per heavy atom. The molecule has 10 nitrogen and oxygen atoms in total. The van der Waals surface area contributed by atoms with Crippen molar-refractivity contribution in [3.05, 3.63) is 87.0 Å². The molecule has 1 aliphatic rings. The Morgan fingerprint density at radius 2 is 1.57 bits per heavy atom. The molecule has 0 unspecified atom stereocenters. The third-order valence-corrected chi connectivity index (χ3v) is 7.66. The fraction of sp³-hybridized carbons (Fsp3) is 0.310. The molecule has 4 rings (SSSR count). The summed E-state index contributed by atoms with van der Waals surface area (Å²) in [4.78, 5) is 42.4. The maximum absolute atomic E-state index is 13.5. The normalized spacial score (nSPS) is 13.6. The van der Waals surface area contributed by atoms with Crippen LogP contribution in [0.25, 0.3) is 0 Å². The van der Waals surface area contributed by atoms with Gasteiger partial charge in [0.1, 0.15) is 0 Å². The second-order valence-corrected chi connectivity index (χ2v) is 9.93. The molecule has 210 valence electrons. The topological polar surface area (TPSA) is 111 Å². The molecule has 0 N–H and O–H groups in total. The molecule has 1 heterocycles. The van der Waals surface area contributed by atoms with Crippen molar-refractivity contribution >= 4 is 29.1 Å². The van der Waals surface area contributed by atoms with Crippen molar-refractivity contribution in [3.63, 3.8) is 0 Å². The van der Waals surface area contributed by atoms with Gasteiger partial charge in [0, 0.05) is 55.5 Å². The molecule has 0 spiro atoms. The van der Waals surface area contributed by atoms with E-state index in [9.17, 15) is 19.7 Å². The van der Waals surface area contributed by atoms with E-state index in [1.54, 1.807) is 68.9 Å². The van der Waals surface area contributed by atoms with Gasteiger partial charge in [0.25, 0.3) is 11.6 Å². The standard InChI is InChI=1S/C29H31N3O7S/c1-37-24-11-9-20(27(38-2)28(24)39-3)18-30-13-15-31(16-14-30)29(34)22-8-6-5-7-21(22)26(33)19-10-12-25(40-4)23(17-19)32(35)36/h5-12,17H,13-16,18H2,1-4H3. The van der Waals surface area contributed by atoms with Crippen molar-refractivity contribution in [2.45, 2.75) is 11.4 Å². The van der Waals surface area contributed by atoms with E-state index in [0.717, 1.165) is 5.56 Å². The predicted octanol–water partition coefficient (Wildman–Crippen LogP) is 4.53. The Labute approximate surface area is 237 Å². The van der Waals surface area contributed by atoms with Crippen molar-refractivity contribution in [3.8, 4) is 17.2 Å². The third kappa shape index (κ3) is 5.90. The maximum Gasteiger partial charge on any atom is 0.283 e. The minimum Gasteiger partial charge on any atom is -0.493 e. The van der Waals surface area contributed by atoms with Crippen molar-refractivity contribution < 1.29 is 28.7 Å². The monoisotopic (exact) mass is 565 g/mol. The van der Waals surface area contributed by atoms with E-state index in [1.807, 2.05) is 12.1 Å². The number of methoxy groups -OCH3 is 3. The second kappa shape index (κ2) is 12.8. The maximum atomic E-state index is 13.5. The first-order chi connectivity index (χ1) is 19.3. The predicted molar refractivity (Wildman–Crippen MR) is 152 cm³/mol. The molecule has 1 aliphatic heterocycles. The van der Waals surface area contributed by atoms with Gasteiger partial charge >= 0.3 is 0 Å². The molecule has 3 aromatic carbocycles. The lowest BCUT2D eigenvalue weighted by Gasteiger charge is -2.35. The van der Waals surface area contributed by atoms with Crippen LogP contribution in [-0.2, 0) is 6.54 Å². The number of nitro groups is 1. The highest BCUT2D eigenvalue weighted by Crippen LogP contribution is 2.40. The van der Waals surface area contributed by atoms with Gasteiger partial charge < -0.3 is 19.1 Å². The van der Waals surface area contributed by atoms with E-state index < -0.39 is 10.7 Å². The number of hydrogen-bond acceptors (Lipinski definition) is 9. The summed E-state index contributed by atoms with van der Waals surface area (Å²) < 4.78 is 16.5. The van der Waals surface area contributed by atoms with Crippen molar-refractivity contribution in [1.82, 2.24) is 9.80 Å². The number of carbonyl (C=O) groups excluding carboxylic acids is 2. The summed E-state index contributed by atoms with van der Waals surface area (Å²) in [5.74, 6) is 1.05. The number of benzene rings is 3. The third-order valence-electron chi connectivity index (χ3n) is 6.88. The van der Waals surface area contributed by atoms with E-state index >= 15 is 0 Å². The number of thioether (sulfide) groups is 1. The first kappa shape index (κ1) is 28.9. The van der Waals surface area contributed by atoms with Gasteiger partial charge in [-0.15, -0.1) is 11.8 Å². The Morgan fingerprint density at radius 3 is 2.17 bits per heavy atom. The molecule has 0 aliphatic carbocycles. The van der Waals surface area contributed by atoms with Crippen molar-refractivity contribution in [2.24, 2.45) is 0 Å². The van der Waals surface area contributed by atoms with Crippen LogP contribution < -0.4 is 14.2 Å². The summed E-state index contributed by atoms with van der Waals surface area (Å²) >= 11 is 1.24. The number of amides is 1. The van der Waals surface area contributed by atoms with Crippen LogP contribution in [-0.4, -0.2) is 80.2 Å². The molecular formula is C29H31N3O7S. The van der Waals surface area contributed by atoms with E-state index in [1.165, 1.54) is 17.8 Å². The van der Waals surface area contributed by atoms with Crippen LogP contribution in [0.5, 0.6) is 17.2 Å². The average Bonchev–Trinajstić information content (AvgIpc) is 2.99. The van der Waals surface area contributed by atoms with Crippen molar-refractivity contribution in [2.75, 3.05) is 53.8 Å². The SMILES string of the molecule is COc1ccc(CN2CCN(C(=O)c3ccccc3C(=O)c3ccc(SC)c([N+](=O)[O-])c3)CC2)c(OC)c1OC. The van der Waals surface area contributed by atoms with Crippen LogP contribution in [0.4, 0.5) is 5.69 Å². The molecule has 0 aromatic heterocycles. The fourth-order valence-electron chi connectivity index (χ4n) is 4.81. The van der Waals surface area contributed by atoms with Crippen LogP contribution in [0.3, 0.4) is 0 Å². The molecule has 0 bridgehead atoms. The number of nitrogens with zero attached hydrogens (tertiary/aromatic N) is 3. The number of nitro benzene ring substituents is 1. The molecule has 11 heteroatoms. The second-order valence-electron chi connectivity index (χ2n) is 9.08. The smallest absolute Gasteiger partial charge is 0.283 e. The average molecular weight is 566 g/mol. The lowest BCUT2D eigenvalue weighted by Crippen LogP contribution is -2.48. The Balaban J connectivity index is 1.49.